The van der Waals surface area contributed by atoms with E-state index in [0.29, 0.717) is 17.2 Å². The fourth-order valence-electron chi connectivity index (χ4n) is 1.75. The highest BCUT2D eigenvalue weighted by atomic mass is 19.2. The highest BCUT2D eigenvalue weighted by Crippen LogP contribution is 2.24. The second-order valence-electron chi connectivity index (χ2n) is 4.46. The van der Waals surface area contributed by atoms with Crippen LogP contribution in [0, 0.1) is 17.5 Å². The number of aromatic amines is 1. The Bertz CT molecular complexity index is 790. The summed E-state index contributed by atoms with van der Waals surface area (Å²) in [6, 6.07) is 9.86. The van der Waals surface area contributed by atoms with Crippen LogP contribution in [0.15, 0.2) is 54.9 Å². The molecule has 3 rings (SSSR count). The van der Waals surface area contributed by atoms with Gasteiger partial charge < -0.3 is 5.73 Å². The maximum Gasteiger partial charge on any atom is 0.251 e. The number of primary amides is 1. The summed E-state index contributed by atoms with van der Waals surface area (Å²) in [6.07, 6.45) is 2.82. The van der Waals surface area contributed by atoms with E-state index in [1.54, 1.807) is 30.3 Å². The van der Waals surface area contributed by atoms with Crippen molar-refractivity contribution >= 4 is 5.91 Å². The molecule has 0 fully saturated rings. The lowest BCUT2D eigenvalue weighted by Crippen LogP contribution is -2.09. The van der Waals surface area contributed by atoms with Gasteiger partial charge in [-0.25, -0.2) is 13.2 Å². The van der Waals surface area contributed by atoms with Gasteiger partial charge in [0.25, 0.3) is 5.91 Å². The molecule has 3 N–H and O–H groups in total. The third-order valence-corrected chi connectivity index (χ3v) is 2.88. The number of rotatable bonds is 2. The Kier molecular flexibility index (Phi) is 5.14. The second-order valence-corrected chi connectivity index (χ2v) is 4.46. The molecule has 0 aliphatic carbocycles. The Morgan fingerprint density at radius 3 is 2.17 bits per heavy atom. The molecule has 1 aromatic heterocycles. The monoisotopic (exact) mass is 319 g/mol. The van der Waals surface area contributed by atoms with Gasteiger partial charge in [0.1, 0.15) is 5.82 Å². The number of hydrogen-bond acceptors (Lipinski definition) is 2. The number of benzene rings is 2. The minimum atomic E-state index is -1.17. The molecule has 1 heterocycles. The second kappa shape index (κ2) is 7.26. The van der Waals surface area contributed by atoms with E-state index in [1.165, 1.54) is 12.4 Å². The van der Waals surface area contributed by atoms with Gasteiger partial charge in [-0.05, 0) is 11.6 Å². The first-order chi connectivity index (χ1) is 11.0. The molecule has 0 bridgehead atoms. The number of nitrogens with one attached hydrogen (secondary N) is 1. The van der Waals surface area contributed by atoms with Gasteiger partial charge in [0.2, 0.25) is 0 Å². The van der Waals surface area contributed by atoms with Crippen LogP contribution in [-0.2, 0) is 0 Å². The summed E-state index contributed by atoms with van der Waals surface area (Å²) in [5.41, 5.74) is 5.85. The molecule has 4 nitrogen and oxygen atoms in total. The molecule has 23 heavy (non-hydrogen) atoms. The smallest absolute Gasteiger partial charge is 0.251 e. The van der Waals surface area contributed by atoms with Crippen molar-refractivity contribution < 1.29 is 18.0 Å². The molecular weight excluding hydrogens is 307 g/mol. The van der Waals surface area contributed by atoms with Crippen molar-refractivity contribution in [3.05, 3.63) is 77.9 Å². The number of nitrogens with two attached hydrogens (primary N) is 1. The normalized spacial score (nSPS) is 9.87. The van der Waals surface area contributed by atoms with Gasteiger partial charge in [0.05, 0.1) is 11.8 Å². The first-order valence-corrected chi connectivity index (χ1v) is 6.47. The van der Waals surface area contributed by atoms with Crippen LogP contribution in [0.5, 0.6) is 0 Å². The largest absolute Gasteiger partial charge is 0.366 e. The fourth-order valence-corrected chi connectivity index (χ4v) is 1.75. The van der Waals surface area contributed by atoms with Crippen LogP contribution in [0.3, 0.4) is 0 Å². The molecule has 1 amide bonds. The van der Waals surface area contributed by atoms with E-state index in [1.807, 2.05) is 0 Å². The zero-order chi connectivity index (χ0) is 16.8. The fraction of sp³-hybridized carbons (Fsp3) is 0. The Hall–Kier alpha value is -3.09. The first-order valence-electron chi connectivity index (χ1n) is 6.47. The summed E-state index contributed by atoms with van der Waals surface area (Å²) in [5.74, 6) is -3.44. The first kappa shape index (κ1) is 16.3. The summed E-state index contributed by atoms with van der Waals surface area (Å²) in [7, 11) is 0. The average molecular weight is 319 g/mol. The third kappa shape index (κ3) is 4.19. The lowest BCUT2D eigenvalue weighted by atomic mass is 10.1. The van der Waals surface area contributed by atoms with Crippen molar-refractivity contribution in [3.63, 3.8) is 0 Å². The molecule has 2 aromatic carbocycles. The Morgan fingerprint density at radius 2 is 1.65 bits per heavy atom. The van der Waals surface area contributed by atoms with E-state index in [-0.39, 0.29) is 5.56 Å². The van der Waals surface area contributed by atoms with Gasteiger partial charge in [-0.1, -0.05) is 30.3 Å². The van der Waals surface area contributed by atoms with E-state index in [0.717, 1.165) is 6.07 Å². The van der Waals surface area contributed by atoms with Crippen molar-refractivity contribution in [1.82, 2.24) is 10.2 Å². The van der Waals surface area contributed by atoms with Crippen molar-refractivity contribution in [3.8, 4) is 11.1 Å². The molecule has 0 aliphatic heterocycles. The Labute approximate surface area is 129 Å². The van der Waals surface area contributed by atoms with Crippen molar-refractivity contribution in [2.75, 3.05) is 0 Å². The van der Waals surface area contributed by atoms with E-state index < -0.39 is 23.4 Å². The van der Waals surface area contributed by atoms with Gasteiger partial charge in [-0.2, -0.15) is 5.10 Å². The number of hydrogen-bond donors (Lipinski definition) is 2. The number of carbonyl (C=O) groups excluding carboxylic acids is 1. The highest BCUT2D eigenvalue weighted by molar-refractivity contribution is 5.92. The maximum absolute atomic E-state index is 13.3. The number of amides is 1. The Balaban J connectivity index is 0.000000203. The molecule has 0 atom stereocenters. The van der Waals surface area contributed by atoms with Gasteiger partial charge in [0, 0.05) is 17.8 Å². The molecule has 0 saturated carbocycles. The summed E-state index contributed by atoms with van der Waals surface area (Å²) < 4.78 is 38.9. The summed E-state index contributed by atoms with van der Waals surface area (Å²) in [4.78, 5) is 10.2. The van der Waals surface area contributed by atoms with Crippen LogP contribution < -0.4 is 5.73 Å². The lowest BCUT2D eigenvalue weighted by Gasteiger charge is -2.03. The maximum atomic E-state index is 13.3. The highest BCUT2D eigenvalue weighted by Gasteiger charge is 2.10. The van der Waals surface area contributed by atoms with Crippen LogP contribution >= 0.6 is 0 Å². The molecular formula is C16H12F3N3O. The third-order valence-electron chi connectivity index (χ3n) is 2.88. The van der Waals surface area contributed by atoms with E-state index in [9.17, 15) is 18.0 Å². The number of nitrogens with zero attached hydrogens (tertiary/aromatic N) is 1. The minimum Gasteiger partial charge on any atom is -0.366 e. The molecule has 0 unspecified atom stereocenters. The average Bonchev–Trinajstić information content (AvgIpc) is 3.07. The van der Waals surface area contributed by atoms with Crippen LogP contribution in [0.2, 0.25) is 0 Å². The molecule has 0 spiro atoms. The van der Waals surface area contributed by atoms with Crippen LogP contribution in [0.25, 0.3) is 11.1 Å². The van der Waals surface area contributed by atoms with Gasteiger partial charge in [0.15, 0.2) is 11.6 Å². The number of aromatic nitrogens is 2. The summed E-state index contributed by atoms with van der Waals surface area (Å²) >= 11 is 0. The molecule has 0 aliphatic rings. The van der Waals surface area contributed by atoms with Gasteiger partial charge >= 0.3 is 0 Å². The SMILES string of the molecule is Fc1cc(F)c(-c2ccccc2)cc1F.NC(=O)c1cn[nH]c1. The summed E-state index contributed by atoms with van der Waals surface area (Å²) in [6.45, 7) is 0. The molecule has 118 valence electrons. The van der Waals surface area contributed by atoms with Crippen molar-refractivity contribution in [1.29, 1.82) is 0 Å². The molecule has 0 saturated heterocycles. The van der Waals surface area contributed by atoms with E-state index >= 15 is 0 Å². The Morgan fingerprint density at radius 1 is 1.00 bits per heavy atom. The van der Waals surface area contributed by atoms with Gasteiger partial charge in [-0.15, -0.1) is 0 Å². The van der Waals surface area contributed by atoms with Crippen molar-refractivity contribution in [2.24, 2.45) is 5.73 Å². The zero-order valence-electron chi connectivity index (χ0n) is 11.8. The van der Waals surface area contributed by atoms with Crippen LogP contribution in [0.1, 0.15) is 10.4 Å². The quantitative estimate of drug-likeness (QED) is 0.712. The number of halogens is 3. The van der Waals surface area contributed by atoms with Crippen LogP contribution in [-0.4, -0.2) is 16.1 Å². The van der Waals surface area contributed by atoms with Crippen LogP contribution in [0.4, 0.5) is 13.2 Å². The lowest BCUT2D eigenvalue weighted by molar-refractivity contribution is 0.100. The standard InChI is InChI=1S/C12H7F3.C4H5N3O/c13-10-7-12(15)11(14)6-9(10)8-4-2-1-3-5-8;5-4(8)3-1-6-7-2-3/h1-7H;1-2H,(H2,5,8)(H,6,7). The van der Waals surface area contributed by atoms with Gasteiger partial charge in [-0.3, -0.25) is 9.89 Å². The predicted molar refractivity (Wildman–Crippen MR) is 78.9 cm³/mol. The van der Waals surface area contributed by atoms with E-state index in [2.05, 4.69) is 10.2 Å². The van der Waals surface area contributed by atoms with Crippen molar-refractivity contribution in [2.45, 2.75) is 0 Å². The summed E-state index contributed by atoms with van der Waals surface area (Å²) in [5, 5.41) is 5.98. The molecule has 3 aromatic rings. The molecule has 0 radical (unpaired) electrons. The number of carbonyl (C=O) groups is 1. The minimum absolute atomic E-state index is 0.0644. The number of H-pyrrole nitrogens is 1. The topological polar surface area (TPSA) is 71.8 Å². The van der Waals surface area contributed by atoms with E-state index in [4.69, 9.17) is 5.73 Å². The predicted octanol–water partition coefficient (Wildman–Crippen LogP) is 3.28. The zero-order valence-corrected chi connectivity index (χ0v) is 11.8. The molecule has 7 heteroatoms.